The zero-order valence-corrected chi connectivity index (χ0v) is 16.8. The summed E-state index contributed by atoms with van der Waals surface area (Å²) in [5.41, 5.74) is 1.61. The molecule has 1 N–H and O–H groups in total. The minimum Gasteiger partial charge on any atom is -0.351 e. The van der Waals surface area contributed by atoms with Gasteiger partial charge in [-0.05, 0) is 42.8 Å². The molecule has 6 heterocycles. The van der Waals surface area contributed by atoms with E-state index >= 15 is 0 Å². The van der Waals surface area contributed by atoms with Gasteiger partial charge in [0.25, 0.3) is 6.43 Å². The van der Waals surface area contributed by atoms with Gasteiger partial charge < -0.3 is 10.2 Å². The number of piperazine rings is 1. The van der Waals surface area contributed by atoms with E-state index in [-0.39, 0.29) is 5.69 Å². The molecule has 0 saturated carbocycles. The van der Waals surface area contributed by atoms with Crippen molar-refractivity contribution in [3.05, 3.63) is 60.3 Å². The molecule has 0 spiro atoms. The molecular weight excluding hydrogens is 419 g/mol. The lowest BCUT2D eigenvalue weighted by atomic mass is 10.2. The molecule has 2 aliphatic rings. The summed E-state index contributed by atoms with van der Waals surface area (Å²) in [5.74, 6) is 0.730. The van der Waals surface area contributed by atoms with Gasteiger partial charge in [0.15, 0.2) is 11.5 Å². The van der Waals surface area contributed by atoms with Crippen molar-refractivity contribution in [2.45, 2.75) is 24.9 Å². The van der Waals surface area contributed by atoms with E-state index in [2.05, 4.69) is 25.2 Å². The Hall–Kier alpha value is -3.53. The van der Waals surface area contributed by atoms with Gasteiger partial charge in [-0.1, -0.05) is 0 Å². The van der Waals surface area contributed by atoms with Crippen LogP contribution in [-0.2, 0) is 0 Å². The molecule has 0 radical (unpaired) electrons. The van der Waals surface area contributed by atoms with E-state index in [1.807, 2.05) is 12.1 Å². The first-order chi connectivity index (χ1) is 15.6. The van der Waals surface area contributed by atoms with E-state index in [4.69, 9.17) is 4.98 Å². The molecule has 2 aliphatic heterocycles. The Morgan fingerprint density at radius 3 is 2.69 bits per heavy atom. The lowest BCUT2D eigenvalue weighted by molar-refractivity contribution is 0.146. The van der Waals surface area contributed by atoms with Gasteiger partial charge in [-0.25, -0.2) is 28.1 Å². The second-order valence-corrected chi connectivity index (χ2v) is 8.03. The van der Waals surface area contributed by atoms with Gasteiger partial charge in [0.05, 0.1) is 11.9 Å². The van der Waals surface area contributed by atoms with Crippen LogP contribution in [0.15, 0.2) is 48.8 Å². The SMILES string of the molecule is Fc1ccc(-c2nc3ccc(N4CC5CC4CN5)nc3n2-c2ccnc(C(F)F)c2)nc1. The standard InChI is InChI=1S/C22H18F3N7/c23-12-1-2-16(28-9-12)21-29-17-3-4-19(31-11-13-7-15(31)10-27-13)30-22(17)32(21)14-5-6-26-18(8-14)20(24)25/h1-6,8-9,13,15,20,27H,7,10-11H2. The van der Waals surface area contributed by atoms with Gasteiger partial charge in [0.2, 0.25) is 0 Å². The van der Waals surface area contributed by atoms with Gasteiger partial charge in [-0.15, -0.1) is 0 Å². The summed E-state index contributed by atoms with van der Waals surface area (Å²) >= 11 is 0. The molecule has 32 heavy (non-hydrogen) atoms. The van der Waals surface area contributed by atoms with E-state index in [0.29, 0.717) is 40.5 Å². The summed E-state index contributed by atoms with van der Waals surface area (Å²) in [6.45, 7) is 1.78. The highest BCUT2D eigenvalue weighted by Gasteiger charge is 2.38. The third-order valence-electron chi connectivity index (χ3n) is 6.04. The van der Waals surface area contributed by atoms with E-state index in [0.717, 1.165) is 31.5 Å². The van der Waals surface area contributed by atoms with Gasteiger partial charge >= 0.3 is 0 Å². The number of hydrogen-bond donors (Lipinski definition) is 1. The van der Waals surface area contributed by atoms with Crippen LogP contribution in [0, 0.1) is 5.82 Å². The number of nitrogens with zero attached hydrogens (tertiary/aromatic N) is 6. The molecule has 0 amide bonds. The molecule has 2 unspecified atom stereocenters. The zero-order chi connectivity index (χ0) is 21.8. The predicted molar refractivity (Wildman–Crippen MR) is 112 cm³/mol. The summed E-state index contributed by atoms with van der Waals surface area (Å²) in [6, 6.07) is 10.4. The Balaban J connectivity index is 1.55. The molecule has 0 aromatic carbocycles. The molecule has 7 nitrogen and oxygen atoms in total. The van der Waals surface area contributed by atoms with Crippen LogP contribution in [0.3, 0.4) is 0 Å². The smallest absolute Gasteiger partial charge is 0.280 e. The summed E-state index contributed by atoms with van der Waals surface area (Å²) in [7, 11) is 0. The van der Waals surface area contributed by atoms with Crippen LogP contribution in [0.25, 0.3) is 28.4 Å². The largest absolute Gasteiger partial charge is 0.351 e. The first-order valence-electron chi connectivity index (χ1n) is 10.3. The van der Waals surface area contributed by atoms with Crippen molar-refractivity contribution < 1.29 is 13.2 Å². The maximum absolute atomic E-state index is 13.5. The number of pyridine rings is 3. The number of alkyl halides is 2. The van der Waals surface area contributed by atoms with Crippen LogP contribution in [0.2, 0.25) is 0 Å². The van der Waals surface area contributed by atoms with E-state index < -0.39 is 12.2 Å². The molecule has 10 heteroatoms. The van der Waals surface area contributed by atoms with Crippen LogP contribution in [0.5, 0.6) is 0 Å². The molecular formula is C22H18F3N7. The van der Waals surface area contributed by atoms with Gasteiger partial charge in [0, 0.05) is 31.4 Å². The van der Waals surface area contributed by atoms with E-state index in [1.54, 1.807) is 10.6 Å². The number of anilines is 1. The van der Waals surface area contributed by atoms with Crippen molar-refractivity contribution in [3.63, 3.8) is 0 Å². The minimum absolute atomic E-state index is 0.346. The fraction of sp³-hybridized carbons (Fsp3) is 0.273. The van der Waals surface area contributed by atoms with Crippen LogP contribution in [0.1, 0.15) is 18.5 Å². The number of nitrogens with one attached hydrogen (secondary N) is 1. The maximum atomic E-state index is 13.5. The van der Waals surface area contributed by atoms with Crippen LogP contribution < -0.4 is 10.2 Å². The molecule has 2 saturated heterocycles. The summed E-state index contributed by atoms with van der Waals surface area (Å²) < 4.78 is 41.9. The van der Waals surface area contributed by atoms with Crippen molar-refractivity contribution in [2.24, 2.45) is 0 Å². The first kappa shape index (κ1) is 19.2. The van der Waals surface area contributed by atoms with Crippen molar-refractivity contribution in [3.8, 4) is 17.2 Å². The third kappa shape index (κ3) is 3.10. The van der Waals surface area contributed by atoms with Crippen LogP contribution >= 0.6 is 0 Å². The summed E-state index contributed by atoms with van der Waals surface area (Å²) in [4.78, 5) is 19.7. The van der Waals surface area contributed by atoms with E-state index in [9.17, 15) is 13.2 Å². The molecule has 162 valence electrons. The number of aromatic nitrogens is 5. The number of hydrogen-bond acceptors (Lipinski definition) is 6. The third-order valence-corrected chi connectivity index (χ3v) is 6.04. The summed E-state index contributed by atoms with van der Waals surface area (Å²) in [5, 5.41) is 3.47. The van der Waals surface area contributed by atoms with Crippen molar-refractivity contribution >= 4 is 17.0 Å². The first-order valence-corrected chi connectivity index (χ1v) is 10.3. The Bertz CT molecular complexity index is 1300. The lowest BCUT2D eigenvalue weighted by Crippen LogP contribution is -2.44. The predicted octanol–water partition coefficient (Wildman–Crippen LogP) is 3.50. The van der Waals surface area contributed by atoms with Crippen LogP contribution in [-0.4, -0.2) is 49.7 Å². The normalized spacial score (nSPS) is 20.1. The topological polar surface area (TPSA) is 71.8 Å². The molecule has 6 rings (SSSR count). The highest BCUT2D eigenvalue weighted by atomic mass is 19.3. The van der Waals surface area contributed by atoms with E-state index in [1.165, 1.54) is 24.4 Å². The molecule has 2 fully saturated rings. The molecule has 2 bridgehead atoms. The Morgan fingerprint density at radius 1 is 1.06 bits per heavy atom. The Labute approximate surface area is 181 Å². The van der Waals surface area contributed by atoms with Crippen molar-refractivity contribution in [1.29, 1.82) is 0 Å². The van der Waals surface area contributed by atoms with Gasteiger partial charge in [-0.2, -0.15) is 0 Å². The average Bonchev–Trinajstić information content (AvgIpc) is 3.53. The molecule has 0 aliphatic carbocycles. The Morgan fingerprint density at radius 2 is 1.97 bits per heavy atom. The molecule has 2 atom stereocenters. The Kier molecular flexibility index (Phi) is 4.35. The van der Waals surface area contributed by atoms with Gasteiger partial charge in [0.1, 0.15) is 28.5 Å². The fourth-order valence-electron chi connectivity index (χ4n) is 4.57. The lowest BCUT2D eigenvalue weighted by Gasteiger charge is -2.28. The van der Waals surface area contributed by atoms with Crippen molar-refractivity contribution in [2.75, 3.05) is 18.0 Å². The average molecular weight is 437 g/mol. The number of rotatable bonds is 4. The van der Waals surface area contributed by atoms with Crippen molar-refractivity contribution in [1.82, 2.24) is 29.8 Å². The second kappa shape index (κ2) is 7.27. The number of fused-ring (bicyclic) bond motifs is 3. The molecule has 4 aromatic heterocycles. The minimum atomic E-state index is -2.71. The zero-order valence-electron chi connectivity index (χ0n) is 16.8. The number of imidazole rings is 1. The van der Waals surface area contributed by atoms with Gasteiger partial charge in [-0.3, -0.25) is 9.55 Å². The fourth-order valence-corrected chi connectivity index (χ4v) is 4.57. The monoisotopic (exact) mass is 437 g/mol. The maximum Gasteiger partial charge on any atom is 0.280 e. The molecule has 4 aromatic rings. The highest BCUT2D eigenvalue weighted by Crippen LogP contribution is 2.32. The quantitative estimate of drug-likeness (QED) is 0.527. The second-order valence-electron chi connectivity index (χ2n) is 8.03. The summed E-state index contributed by atoms with van der Waals surface area (Å²) in [6.07, 6.45) is 0.794. The van der Waals surface area contributed by atoms with Crippen LogP contribution in [0.4, 0.5) is 19.0 Å². The highest BCUT2D eigenvalue weighted by molar-refractivity contribution is 5.81. The number of halogens is 3.